The molecule has 1 fully saturated rings. The molecule has 21 heavy (non-hydrogen) atoms. The molecule has 0 saturated carbocycles. The topological polar surface area (TPSA) is 59.5 Å². The van der Waals surface area contributed by atoms with Crippen molar-refractivity contribution in [2.45, 2.75) is 19.8 Å². The SMILES string of the molecule is Cc1c(C(=O)N2CCC(CN)CC2)oc2ccc(Cl)cc12. The Kier molecular flexibility index (Phi) is 3.91. The van der Waals surface area contributed by atoms with Gasteiger partial charge in [-0.2, -0.15) is 0 Å². The van der Waals surface area contributed by atoms with Crippen LogP contribution in [0.5, 0.6) is 0 Å². The second kappa shape index (κ2) is 5.70. The minimum atomic E-state index is -0.0321. The summed E-state index contributed by atoms with van der Waals surface area (Å²) >= 11 is 6.01. The highest BCUT2D eigenvalue weighted by molar-refractivity contribution is 6.31. The van der Waals surface area contributed by atoms with Crippen LogP contribution in [0.4, 0.5) is 0 Å². The van der Waals surface area contributed by atoms with Gasteiger partial charge in [-0.1, -0.05) is 11.6 Å². The van der Waals surface area contributed by atoms with Crippen molar-refractivity contribution in [3.8, 4) is 0 Å². The van der Waals surface area contributed by atoms with Crippen molar-refractivity contribution in [2.75, 3.05) is 19.6 Å². The normalized spacial score (nSPS) is 16.6. The molecule has 0 aliphatic carbocycles. The Morgan fingerprint density at radius 2 is 2.14 bits per heavy atom. The Morgan fingerprint density at radius 3 is 2.81 bits per heavy atom. The molecule has 2 N–H and O–H groups in total. The molecule has 1 aliphatic heterocycles. The highest BCUT2D eigenvalue weighted by atomic mass is 35.5. The number of hydrogen-bond donors (Lipinski definition) is 1. The summed E-state index contributed by atoms with van der Waals surface area (Å²) in [6.07, 6.45) is 1.93. The van der Waals surface area contributed by atoms with Crippen LogP contribution in [-0.4, -0.2) is 30.4 Å². The molecule has 5 heteroatoms. The Balaban J connectivity index is 1.87. The Morgan fingerprint density at radius 1 is 1.43 bits per heavy atom. The van der Waals surface area contributed by atoms with Gasteiger partial charge >= 0.3 is 0 Å². The van der Waals surface area contributed by atoms with Crippen LogP contribution in [0.2, 0.25) is 5.02 Å². The lowest BCUT2D eigenvalue weighted by Crippen LogP contribution is -2.40. The molecule has 0 unspecified atom stereocenters. The molecule has 2 heterocycles. The van der Waals surface area contributed by atoms with Crippen molar-refractivity contribution < 1.29 is 9.21 Å². The number of carbonyl (C=O) groups excluding carboxylic acids is 1. The highest BCUT2D eigenvalue weighted by Crippen LogP contribution is 2.29. The van der Waals surface area contributed by atoms with Gasteiger partial charge in [-0.3, -0.25) is 4.79 Å². The fraction of sp³-hybridized carbons (Fsp3) is 0.438. The van der Waals surface area contributed by atoms with Gasteiger partial charge in [-0.05, 0) is 50.4 Å². The summed E-state index contributed by atoms with van der Waals surface area (Å²) in [6.45, 7) is 4.10. The average molecular weight is 307 g/mol. The van der Waals surface area contributed by atoms with E-state index >= 15 is 0 Å². The van der Waals surface area contributed by atoms with Crippen LogP contribution < -0.4 is 5.73 Å². The van der Waals surface area contributed by atoms with E-state index in [1.807, 2.05) is 24.0 Å². The van der Waals surface area contributed by atoms with Crippen molar-refractivity contribution in [1.82, 2.24) is 4.90 Å². The van der Waals surface area contributed by atoms with Crippen LogP contribution in [0.3, 0.4) is 0 Å². The third kappa shape index (κ3) is 2.65. The number of rotatable bonds is 2. The zero-order valence-corrected chi connectivity index (χ0v) is 12.8. The van der Waals surface area contributed by atoms with Crippen molar-refractivity contribution in [3.05, 3.63) is 34.5 Å². The van der Waals surface area contributed by atoms with Crippen LogP contribution >= 0.6 is 11.6 Å². The lowest BCUT2D eigenvalue weighted by Gasteiger charge is -2.30. The standard InChI is InChI=1S/C16H19ClN2O2/c1-10-13-8-12(17)2-3-14(13)21-15(10)16(20)19-6-4-11(9-18)5-7-19/h2-3,8,11H,4-7,9,18H2,1H3. The van der Waals surface area contributed by atoms with E-state index in [-0.39, 0.29) is 5.91 Å². The van der Waals surface area contributed by atoms with Crippen molar-refractivity contribution in [2.24, 2.45) is 11.7 Å². The minimum absolute atomic E-state index is 0.0321. The van der Waals surface area contributed by atoms with Crippen molar-refractivity contribution in [1.29, 1.82) is 0 Å². The van der Waals surface area contributed by atoms with Crippen molar-refractivity contribution in [3.63, 3.8) is 0 Å². The van der Waals surface area contributed by atoms with Crippen molar-refractivity contribution >= 4 is 28.5 Å². The predicted octanol–water partition coefficient (Wildman–Crippen LogP) is 3.21. The quantitative estimate of drug-likeness (QED) is 0.927. The third-order valence-electron chi connectivity index (χ3n) is 4.33. The maximum Gasteiger partial charge on any atom is 0.289 e. The van der Waals surface area contributed by atoms with Gasteiger partial charge < -0.3 is 15.1 Å². The molecule has 112 valence electrons. The first-order chi connectivity index (χ1) is 10.1. The maximum absolute atomic E-state index is 12.6. The molecular formula is C16H19ClN2O2. The van der Waals surface area contributed by atoms with E-state index in [1.54, 1.807) is 6.07 Å². The van der Waals surface area contributed by atoms with Gasteiger partial charge in [0.1, 0.15) is 5.58 Å². The first-order valence-electron chi connectivity index (χ1n) is 7.28. The molecule has 1 aromatic carbocycles. The monoisotopic (exact) mass is 306 g/mol. The van der Waals surface area contributed by atoms with E-state index in [4.69, 9.17) is 21.8 Å². The first-order valence-corrected chi connectivity index (χ1v) is 7.66. The average Bonchev–Trinajstić information content (AvgIpc) is 2.83. The Bertz CT molecular complexity index is 672. The summed E-state index contributed by atoms with van der Waals surface area (Å²) in [5.41, 5.74) is 7.26. The number of fused-ring (bicyclic) bond motifs is 1. The Labute approximate surface area is 128 Å². The molecule has 1 aliphatic rings. The van der Waals surface area contributed by atoms with Crippen LogP contribution in [0.1, 0.15) is 29.0 Å². The maximum atomic E-state index is 12.6. The number of nitrogens with two attached hydrogens (primary N) is 1. The number of carbonyl (C=O) groups is 1. The molecule has 3 rings (SSSR count). The molecule has 0 atom stereocenters. The number of benzene rings is 1. The predicted molar refractivity (Wildman–Crippen MR) is 83.6 cm³/mol. The lowest BCUT2D eigenvalue weighted by atomic mass is 9.97. The summed E-state index contributed by atoms with van der Waals surface area (Å²) in [5, 5.41) is 1.55. The van der Waals surface area contributed by atoms with E-state index in [0.717, 1.165) is 36.9 Å². The Hall–Kier alpha value is -1.52. The van der Waals surface area contributed by atoms with E-state index in [2.05, 4.69) is 0 Å². The molecule has 1 amide bonds. The smallest absolute Gasteiger partial charge is 0.289 e. The van der Waals surface area contributed by atoms with E-state index in [9.17, 15) is 4.79 Å². The molecular weight excluding hydrogens is 288 g/mol. The number of furan rings is 1. The third-order valence-corrected chi connectivity index (χ3v) is 4.56. The molecule has 0 bridgehead atoms. The lowest BCUT2D eigenvalue weighted by molar-refractivity contribution is 0.0662. The van der Waals surface area contributed by atoms with Gasteiger partial charge in [0.2, 0.25) is 0 Å². The number of aryl methyl sites for hydroxylation is 1. The van der Waals surface area contributed by atoms with E-state index in [1.165, 1.54) is 0 Å². The van der Waals surface area contributed by atoms with Gasteiger partial charge in [-0.15, -0.1) is 0 Å². The van der Waals surface area contributed by atoms with Gasteiger partial charge in [0.25, 0.3) is 5.91 Å². The van der Waals surface area contributed by atoms with Gasteiger partial charge in [0, 0.05) is 29.1 Å². The summed E-state index contributed by atoms with van der Waals surface area (Å²) < 4.78 is 5.75. The molecule has 1 aromatic heterocycles. The summed E-state index contributed by atoms with van der Waals surface area (Å²) in [7, 11) is 0. The summed E-state index contributed by atoms with van der Waals surface area (Å²) in [4.78, 5) is 14.5. The van der Waals surface area contributed by atoms with Gasteiger partial charge in [0.05, 0.1) is 0 Å². The highest BCUT2D eigenvalue weighted by Gasteiger charge is 2.27. The largest absolute Gasteiger partial charge is 0.451 e. The number of hydrogen-bond acceptors (Lipinski definition) is 3. The number of amides is 1. The summed E-state index contributed by atoms with van der Waals surface area (Å²) in [6, 6.07) is 5.42. The molecule has 4 nitrogen and oxygen atoms in total. The number of piperidine rings is 1. The first kappa shape index (κ1) is 14.4. The van der Waals surface area contributed by atoms with E-state index < -0.39 is 0 Å². The fourth-order valence-electron chi connectivity index (χ4n) is 2.91. The second-order valence-corrected chi connectivity index (χ2v) is 6.10. The second-order valence-electron chi connectivity index (χ2n) is 5.67. The molecule has 0 spiro atoms. The number of nitrogens with zero attached hydrogens (tertiary/aromatic N) is 1. The molecule has 0 radical (unpaired) electrons. The number of likely N-dealkylation sites (tertiary alicyclic amines) is 1. The fourth-order valence-corrected chi connectivity index (χ4v) is 3.08. The van der Waals surface area contributed by atoms with Crippen LogP contribution in [0, 0.1) is 12.8 Å². The molecule has 2 aromatic rings. The summed E-state index contributed by atoms with van der Waals surface area (Å²) in [5.74, 6) is 0.929. The van der Waals surface area contributed by atoms with Crippen LogP contribution in [0.25, 0.3) is 11.0 Å². The zero-order valence-electron chi connectivity index (χ0n) is 12.1. The minimum Gasteiger partial charge on any atom is -0.451 e. The number of halogens is 1. The zero-order chi connectivity index (χ0) is 15.0. The van der Waals surface area contributed by atoms with E-state index in [0.29, 0.717) is 28.8 Å². The van der Waals surface area contributed by atoms with Gasteiger partial charge in [0.15, 0.2) is 5.76 Å². The van der Waals surface area contributed by atoms with Crippen LogP contribution in [0.15, 0.2) is 22.6 Å². The van der Waals surface area contributed by atoms with Gasteiger partial charge in [-0.25, -0.2) is 0 Å². The van der Waals surface area contributed by atoms with Crippen LogP contribution in [-0.2, 0) is 0 Å². The molecule has 1 saturated heterocycles.